The van der Waals surface area contributed by atoms with Gasteiger partial charge in [0.2, 0.25) is 0 Å². The molecule has 0 aliphatic rings. The third kappa shape index (κ3) is 3.36. The first-order chi connectivity index (χ1) is 9.24. The van der Waals surface area contributed by atoms with E-state index in [1.807, 2.05) is 26.0 Å². The number of rotatable bonds is 5. The maximum absolute atomic E-state index is 5.45. The summed E-state index contributed by atoms with van der Waals surface area (Å²) in [5, 5.41) is 0. The highest BCUT2D eigenvalue weighted by Crippen LogP contribution is 2.24. The number of hydrogen-bond acceptors (Lipinski definition) is 2. The first-order valence-corrected chi connectivity index (χ1v) is 6.60. The SMILES string of the molecule is CCOc1ccc(-c2ccc(C(C)OC)cc2)cc1. The summed E-state index contributed by atoms with van der Waals surface area (Å²) < 4.78 is 10.8. The van der Waals surface area contributed by atoms with Crippen LogP contribution < -0.4 is 4.74 Å². The molecule has 0 amide bonds. The van der Waals surface area contributed by atoms with Gasteiger partial charge >= 0.3 is 0 Å². The molecule has 2 aromatic rings. The lowest BCUT2D eigenvalue weighted by atomic mass is 10.0. The minimum Gasteiger partial charge on any atom is -0.494 e. The van der Waals surface area contributed by atoms with Crippen LogP contribution in [0.4, 0.5) is 0 Å². The van der Waals surface area contributed by atoms with Crippen LogP contribution in [0.5, 0.6) is 5.75 Å². The van der Waals surface area contributed by atoms with Gasteiger partial charge in [-0.05, 0) is 42.7 Å². The summed E-state index contributed by atoms with van der Waals surface area (Å²) in [4.78, 5) is 0. The molecule has 2 rings (SSSR count). The van der Waals surface area contributed by atoms with E-state index in [9.17, 15) is 0 Å². The molecule has 1 atom stereocenters. The van der Waals surface area contributed by atoms with Crippen LogP contribution in [0.25, 0.3) is 11.1 Å². The van der Waals surface area contributed by atoms with Crippen LogP contribution in [0.1, 0.15) is 25.5 Å². The van der Waals surface area contributed by atoms with Crippen molar-refractivity contribution < 1.29 is 9.47 Å². The third-order valence-corrected chi connectivity index (χ3v) is 3.23. The first kappa shape index (κ1) is 13.6. The second kappa shape index (κ2) is 6.39. The van der Waals surface area contributed by atoms with Crippen molar-refractivity contribution in [2.24, 2.45) is 0 Å². The maximum Gasteiger partial charge on any atom is 0.119 e. The normalized spacial score (nSPS) is 12.2. The van der Waals surface area contributed by atoms with Gasteiger partial charge in [-0.2, -0.15) is 0 Å². The summed E-state index contributed by atoms with van der Waals surface area (Å²) in [6.45, 7) is 4.73. The van der Waals surface area contributed by atoms with E-state index in [1.54, 1.807) is 7.11 Å². The molecule has 0 aromatic heterocycles. The van der Waals surface area contributed by atoms with Crippen LogP contribution in [0.2, 0.25) is 0 Å². The minimum atomic E-state index is 0.134. The highest BCUT2D eigenvalue weighted by molar-refractivity contribution is 5.64. The van der Waals surface area contributed by atoms with E-state index in [2.05, 4.69) is 36.4 Å². The Morgan fingerprint density at radius 2 is 1.42 bits per heavy atom. The molecule has 0 aliphatic carbocycles. The molecule has 0 aliphatic heterocycles. The Hall–Kier alpha value is -1.80. The molecule has 2 heteroatoms. The smallest absolute Gasteiger partial charge is 0.119 e. The molecular formula is C17H20O2. The molecule has 0 bridgehead atoms. The lowest BCUT2D eigenvalue weighted by molar-refractivity contribution is 0.119. The molecule has 1 unspecified atom stereocenters. The van der Waals surface area contributed by atoms with E-state index >= 15 is 0 Å². The third-order valence-electron chi connectivity index (χ3n) is 3.23. The Morgan fingerprint density at radius 1 is 0.895 bits per heavy atom. The van der Waals surface area contributed by atoms with E-state index < -0.39 is 0 Å². The van der Waals surface area contributed by atoms with Crippen LogP contribution in [0.15, 0.2) is 48.5 Å². The standard InChI is InChI=1S/C17H20O2/c1-4-19-17-11-9-16(10-12-17)15-7-5-14(6-8-15)13(2)18-3/h5-13H,4H2,1-3H3. The Kier molecular flexibility index (Phi) is 4.58. The Bertz CT molecular complexity index is 500. The molecule has 19 heavy (non-hydrogen) atoms. The van der Waals surface area contributed by atoms with Gasteiger partial charge in [0.15, 0.2) is 0 Å². The predicted molar refractivity (Wildman–Crippen MR) is 78.5 cm³/mol. The van der Waals surface area contributed by atoms with Crippen molar-refractivity contribution >= 4 is 0 Å². The van der Waals surface area contributed by atoms with E-state index in [4.69, 9.17) is 9.47 Å². The molecule has 100 valence electrons. The number of hydrogen-bond donors (Lipinski definition) is 0. The van der Waals surface area contributed by atoms with Gasteiger partial charge in [-0.25, -0.2) is 0 Å². The van der Waals surface area contributed by atoms with Crippen LogP contribution in [0, 0.1) is 0 Å². The van der Waals surface area contributed by atoms with Crippen molar-refractivity contribution in [2.75, 3.05) is 13.7 Å². The molecule has 0 saturated heterocycles. The molecule has 0 spiro atoms. The first-order valence-electron chi connectivity index (χ1n) is 6.60. The second-order valence-electron chi connectivity index (χ2n) is 4.46. The molecule has 0 saturated carbocycles. The zero-order valence-electron chi connectivity index (χ0n) is 11.7. The Labute approximate surface area is 115 Å². The topological polar surface area (TPSA) is 18.5 Å². The van der Waals surface area contributed by atoms with Crippen molar-refractivity contribution in [3.05, 3.63) is 54.1 Å². The highest BCUT2D eigenvalue weighted by Gasteiger charge is 2.04. The zero-order valence-corrected chi connectivity index (χ0v) is 11.7. The van der Waals surface area contributed by atoms with Crippen LogP contribution in [-0.4, -0.2) is 13.7 Å². The van der Waals surface area contributed by atoms with E-state index in [0.717, 1.165) is 5.75 Å². The minimum absolute atomic E-state index is 0.134. The summed E-state index contributed by atoms with van der Waals surface area (Å²) >= 11 is 0. The van der Waals surface area contributed by atoms with Crippen molar-refractivity contribution in [1.82, 2.24) is 0 Å². The lowest BCUT2D eigenvalue weighted by Crippen LogP contribution is -1.95. The average Bonchev–Trinajstić information content (AvgIpc) is 2.48. The Balaban J connectivity index is 2.17. The fourth-order valence-electron chi connectivity index (χ4n) is 1.99. The molecule has 0 N–H and O–H groups in total. The van der Waals surface area contributed by atoms with Gasteiger partial charge in [0, 0.05) is 7.11 Å². The fourth-order valence-corrected chi connectivity index (χ4v) is 1.99. The van der Waals surface area contributed by atoms with Gasteiger partial charge in [-0.1, -0.05) is 36.4 Å². The lowest BCUT2D eigenvalue weighted by Gasteiger charge is -2.11. The number of benzene rings is 2. The largest absolute Gasteiger partial charge is 0.494 e. The number of methoxy groups -OCH3 is 1. The van der Waals surface area contributed by atoms with Gasteiger partial charge in [0.05, 0.1) is 12.7 Å². The fraction of sp³-hybridized carbons (Fsp3) is 0.294. The Morgan fingerprint density at radius 3 is 1.89 bits per heavy atom. The van der Waals surface area contributed by atoms with Crippen LogP contribution in [0.3, 0.4) is 0 Å². The summed E-state index contributed by atoms with van der Waals surface area (Å²) in [5.74, 6) is 0.913. The molecular weight excluding hydrogens is 236 g/mol. The van der Waals surface area contributed by atoms with Crippen molar-refractivity contribution in [1.29, 1.82) is 0 Å². The number of ether oxygens (including phenoxy) is 2. The predicted octanol–water partition coefficient (Wildman–Crippen LogP) is 4.46. The van der Waals surface area contributed by atoms with Crippen molar-refractivity contribution in [3.8, 4) is 16.9 Å². The molecule has 2 nitrogen and oxygen atoms in total. The average molecular weight is 256 g/mol. The quantitative estimate of drug-likeness (QED) is 0.786. The highest BCUT2D eigenvalue weighted by atomic mass is 16.5. The van der Waals surface area contributed by atoms with Gasteiger partial charge in [-0.3, -0.25) is 0 Å². The summed E-state index contributed by atoms with van der Waals surface area (Å²) in [5.41, 5.74) is 3.59. The summed E-state index contributed by atoms with van der Waals surface area (Å²) in [7, 11) is 1.73. The summed E-state index contributed by atoms with van der Waals surface area (Å²) in [6, 6.07) is 16.6. The summed E-state index contributed by atoms with van der Waals surface area (Å²) in [6.07, 6.45) is 0.134. The van der Waals surface area contributed by atoms with Crippen LogP contribution >= 0.6 is 0 Å². The van der Waals surface area contributed by atoms with Gasteiger partial charge in [0.25, 0.3) is 0 Å². The molecule has 0 radical (unpaired) electrons. The van der Waals surface area contributed by atoms with Crippen molar-refractivity contribution in [2.45, 2.75) is 20.0 Å². The van der Waals surface area contributed by atoms with Crippen LogP contribution in [-0.2, 0) is 4.74 Å². The van der Waals surface area contributed by atoms with E-state index in [0.29, 0.717) is 6.61 Å². The van der Waals surface area contributed by atoms with E-state index in [1.165, 1.54) is 16.7 Å². The zero-order chi connectivity index (χ0) is 13.7. The molecule has 2 aromatic carbocycles. The van der Waals surface area contributed by atoms with Gasteiger partial charge in [0.1, 0.15) is 5.75 Å². The van der Waals surface area contributed by atoms with Gasteiger partial charge in [-0.15, -0.1) is 0 Å². The molecule has 0 heterocycles. The van der Waals surface area contributed by atoms with Crippen molar-refractivity contribution in [3.63, 3.8) is 0 Å². The van der Waals surface area contributed by atoms with E-state index in [-0.39, 0.29) is 6.10 Å². The maximum atomic E-state index is 5.45. The monoisotopic (exact) mass is 256 g/mol. The van der Waals surface area contributed by atoms with Gasteiger partial charge < -0.3 is 9.47 Å². The molecule has 0 fully saturated rings. The second-order valence-corrected chi connectivity index (χ2v) is 4.46.